The van der Waals surface area contributed by atoms with E-state index in [1.165, 1.54) is 16.6 Å². The maximum Gasteiger partial charge on any atom is 0.247 e. The first-order valence-electron chi connectivity index (χ1n) is 7.67. The minimum absolute atomic E-state index is 0.522. The molecule has 0 fully saturated rings. The SMILES string of the molecule is c1ccc(-c2nnc(CSc3nnnn3CCc3cccs3)o2)cc1. The summed E-state index contributed by atoms with van der Waals surface area (Å²) >= 11 is 3.23. The summed E-state index contributed by atoms with van der Waals surface area (Å²) in [6.45, 7) is 0.745. The monoisotopic (exact) mass is 370 g/mol. The van der Waals surface area contributed by atoms with Gasteiger partial charge in [0.15, 0.2) is 0 Å². The summed E-state index contributed by atoms with van der Waals surface area (Å²) in [7, 11) is 0. The van der Waals surface area contributed by atoms with Gasteiger partial charge < -0.3 is 4.42 Å². The van der Waals surface area contributed by atoms with E-state index in [4.69, 9.17) is 4.42 Å². The molecule has 9 heteroatoms. The first-order chi connectivity index (χ1) is 12.4. The van der Waals surface area contributed by atoms with Gasteiger partial charge in [0.2, 0.25) is 16.9 Å². The Balaban J connectivity index is 1.37. The average molecular weight is 370 g/mol. The predicted octanol–water partition coefficient (Wildman–Crippen LogP) is 3.32. The number of aryl methyl sites for hydroxylation is 2. The van der Waals surface area contributed by atoms with E-state index in [0.29, 0.717) is 17.5 Å². The quantitative estimate of drug-likeness (QED) is 0.461. The lowest BCUT2D eigenvalue weighted by Crippen LogP contribution is -2.04. The molecule has 4 rings (SSSR count). The highest BCUT2D eigenvalue weighted by atomic mass is 32.2. The number of rotatable bonds is 7. The number of aromatic nitrogens is 6. The van der Waals surface area contributed by atoms with Gasteiger partial charge in [-0.25, -0.2) is 4.68 Å². The molecule has 0 saturated heterocycles. The second-order valence-corrected chi connectivity index (χ2v) is 7.14. The Bertz CT molecular complexity index is 919. The molecule has 0 aliphatic carbocycles. The molecule has 7 nitrogen and oxygen atoms in total. The molecule has 0 aliphatic heterocycles. The van der Waals surface area contributed by atoms with Crippen molar-refractivity contribution < 1.29 is 4.42 Å². The van der Waals surface area contributed by atoms with Crippen molar-refractivity contribution in [1.82, 2.24) is 30.4 Å². The number of hydrogen-bond acceptors (Lipinski definition) is 8. The van der Waals surface area contributed by atoms with Crippen molar-refractivity contribution in [3.8, 4) is 11.5 Å². The molecule has 3 aromatic heterocycles. The highest BCUT2D eigenvalue weighted by Crippen LogP contribution is 2.23. The fraction of sp³-hybridized carbons (Fsp3) is 0.188. The summed E-state index contributed by atoms with van der Waals surface area (Å²) in [5.41, 5.74) is 0.909. The minimum atomic E-state index is 0.522. The Kier molecular flexibility index (Phi) is 4.84. The van der Waals surface area contributed by atoms with E-state index < -0.39 is 0 Å². The second-order valence-electron chi connectivity index (χ2n) is 5.17. The molecule has 126 valence electrons. The Hall–Kier alpha value is -2.52. The number of thioether (sulfide) groups is 1. The van der Waals surface area contributed by atoms with E-state index in [1.807, 2.05) is 30.3 Å². The lowest BCUT2D eigenvalue weighted by atomic mass is 10.2. The van der Waals surface area contributed by atoms with Gasteiger partial charge in [-0.3, -0.25) is 0 Å². The van der Waals surface area contributed by atoms with Crippen LogP contribution < -0.4 is 0 Å². The van der Waals surface area contributed by atoms with Crippen LogP contribution in [0.15, 0.2) is 57.4 Å². The molecule has 0 radical (unpaired) electrons. The van der Waals surface area contributed by atoms with Crippen molar-refractivity contribution in [2.45, 2.75) is 23.9 Å². The average Bonchev–Trinajstić information content (AvgIpc) is 3.40. The molecule has 0 amide bonds. The van der Waals surface area contributed by atoms with Crippen LogP contribution in [-0.4, -0.2) is 30.4 Å². The summed E-state index contributed by atoms with van der Waals surface area (Å²) in [4.78, 5) is 1.32. The summed E-state index contributed by atoms with van der Waals surface area (Å²) in [5, 5.41) is 22.9. The van der Waals surface area contributed by atoms with Gasteiger partial charge in [-0.05, 0) is 34.0 Å². The first kappa shape index (κ1) is 16.0. The molecular formula is C16H14N6OS2. The third kappa shape index (κ3) is 3.94. The van der Waals surface area contributed by atoms with Gasteiger partial charge in [0.25, 0.3) is 0 Å². The van der Waals surface area contributed by atoms with E-state index in [1.54, 1.807) is 16.0 Å². The molecular weight excluding hydrogens is 356 g/mol. The van der Waals surface area contributed by atoms with Gasteiger partial charge >= 0.3 is 0 Å². The van der Waals surface area contributed by atoms with Gasteiger partial charge in [0.05, 0.1) is 12.3 Å². The highest BCUT2D eigenvalue weighted by molar-refractivity contribution is 7.98. The minimum Gasteiger partial charge on any atom is -0.420 e. The Morgan fingerprint density at radius 3 is 2.80 bits per heavy atom. The summed E-state index contributed by atoms with van der Waals surface area (Å²) in [5.74, 6) is 1.60. The maximum absolute atomic E-state index is 5.71. The van der Waals surface area contributed by atoms with Crippen molar-refractivity contribution in [3.05, 3.63) is 58.6 Å². The zero-order chi connectivity index (χ0) is 16.9. The molecule has 25 heavy (non-hydrogen) atoms. The van der Waals surface area contributed by atoms with Gasteiger partial charge in [0, 0.05) is 16.9 Å². The normalized spacial score (nSPS) is 11.0. The van der Waals surface area contributed by atoms with Crippen LogP contribution in [0.1, 0.15) is 10.8 Å². The van der Waals surface area contributed by atoms with E-state index in [9.17, 15) is 0 Å². The third-order valence-electron chi connectivity index (χ3n) is 3.46. The van der Waals surface area contributed by atoms with E-state index in [-0.39, 0.29) is 0 Å². The molecule has 0 saturated carbocycles. The van der Waals surface area contributed by atoms with Crippen molar-refractivity contribution in [1.29, 1.82) is 0 Å². The van der Waals surface area contributed by atoms with Crippen LogP contribution >= 0.6 is 23.1 Å². The van der Waals surface area contributed by atoms with Gasteiger partial charge in [-0.15, -0.1) is 26.6 Å². The van der Waals surface area contributed by atoms with Crippen LogP contribution in [-0.2, 0) is 18.7 Å². The number of benzene rings is 1. The number of hydrogen-bond donors (Lipinski definition) is 0. The lowest BCUT2D eigenvalue weighted by molar-refractivity contribution is 0.526. The van der Waals surface area contributed by atoms with E-state index >= 15 is 0 Å². The van der Waals surface area contributed by atoms with Gasteiger partial charge in [0.1, 0.15) is 0 Å². The van der Waals surface area contributed by atoms with Crippen LogP contribution in [0.2, 0.25) is 0 Å². The number of tetrazole rings is 1. The Morgan fingerprint density at radius 2 is 1.96 bits per heavy atom. The topological polar surface area (TPSA) is 82.5 Å². The maximum atomic E-state index is 5.71. The molecule has 0 atom stereocenters. The Labute approximate surface area is 152 Å². The molecule has 0 spiro atoms. The standard InChI is InChI=1S/C16H14N6OS2/c1-2-5-12(6-3-1)15-18-17-14(23-15)11-25-16-19-20-21-22(16)9-8-13-7-4-10-24-13/h1-7,10H,8-9,11H2. The zero-order valence-electron chi connectivity index (χ0n) is 13.1. The number of nitrogens with zero attached hydrogens (tertiary/aromatic N) is 6. The van der Waals surface area contributed by atoms with Crippen LogP contribution in [0.3, 0.4) is 0 Å². The van der Waals surface area contributed by atoms with Crippen molar-refractivity contribution >= 4 is 23.1 Å². The molecule has 3 heterocycles. The van der Waals surface area contributed by atoms with Gasteiger partial charge in [-0.1, -0.05) is 36.0 Å². The van der Waals surface area contributed by atoms with Crippen molar-refractivity contribution in [3.63, 3.8) is 0 Å². The molecule has 0 N–H and O–H groups in total. The van der Waals surface area contributed by atoms with Crippen molar-refractivity contribution in [2.75, 3.05) is 0 Å². The zero-order valence-corrected chi connectivity index (χ0v) is 14.8. The Morgan fingerprint density at radius 1 is 1.04 bits per heavy atom. The molecule has 1 aromatic carbocycles. The van der Waals surface area contributed by atoms with Crippen LogP contribution in [0.5, 0.6) is 0 Å². The first-order valence-corrected chi connectivity index (χ1v) is 9.54. The van der Waals surface area contributed by atoms with E-state index in [0.717, 1.165) is 23.7 Å². The largest absolute Gasteiger partial charge is 0.420 e. The fourth-order valence-corrected chi connectivity index (χ4v) is 3.69. The third-order valence-corrected chi connectivity index (χ3v) is 5.34. The second kappa shape index (κ2) is 7.58. The van der Waals surface area contributed by atoms with Crippen molar-refractivity contribution in [2.24, 2.45) is 0 Å². The van der Waals surface area contributed by atoms with Crippen LogP contribution in [0.25, 0.3) is 11.5 Å². The molecule has 0 aliphatic rings. The fourth-order valence-electron chi connectivity index (χ4n) is 2.25. The lowest BCUT2D eigenvalue weighted by Gasteiger charge is -2.01. The highest BCUT2D eigenvalue weighted by Gasteiger charge is 2.12. The summed E-state index contributed by atoms with van der Waals surface area (Å²) in [6.07, 6.45) is 0.912. The molecule has 0 unspecified atom stereocenters. The molecule has 0 bridgehead atoms. The summed E-state index contributed by atoms with van der Waals surface area (Å²) < 4.78 is 7.51. The predicted molar refractivity (Wildman–Crippen MR) is 95.1 cm³/mol. The van der Waals surface area contributed by atoms with Crippen LogP contribution in [0.4, 0.5) is 0 Å². The molecule has 4 aromatic rings. The van der Waals surface area contributed by atoms with Gasteiger partial charge in [-0.2, -0.15) is 0 Å². The van der Waals surface area contributed by atoms with Crippen LogP contribution in [0, 0.1) is 0 Å². The smallest absolute Gasteiger partial charge is 0.247 e. The number of thiophene rings is 1. The van der Waals surface area contributed by atoms with E-state index in [2.05, 4.69) is 43.2 Å². The summed E-state index contributed by atoms with van der Waals surface area (Å²) in [6, 6.07) is 13.9.